The third-order valence-corrected chi connectivity index (χ3v) is 5.94. The molecule has 0 radical (unpaired) electrons. The van der Waals surface area contributed by atoms with Crippen molar-refractivity contribution in [3.05, 3.63) is 40.3 Å². The molecule has 0 aliphatic carbocycles. The Labute approximate surface area is 124 Å². The fraction of sp³-hybridized carbons (Fsp3) is 0.286. The summed E-state index contributed by atoms with van der Waals surface area (Å²) in [5, 5.41) is 7.30. The van der Waals surface area contributed by atoms with E-state index in [4.69, 9.17) is 5.73 Å². The normalized spacial score (nSPS) is 24.1. The number of halogens is 1. The first-order valence-corrected chi connectivity index (χ1v) is 8.21. The van der Waals surface area contributed by atoms with Gasteiger partial charge >= 0.3 is 0 Å². The third kappa shape index (κ3) is 1.82. The molecule has 6 heteroatoms. The lowest BCUT2D eigenvalue weighted by molar-refractivity contribution is 0.311. The molecule has 4 rings (SSSR count). The van der Waals surface area contributed by atoms with Gasteiger partial charge in [-0.2, -0.15) is 0 Å². The highest BCUT2D eigenvalue weighted by Gasteiger charge is 2.34. The highest BCUT2D eigenvalue weighted by molar-refractivity contribution is 8.00. The largest absolute Gasteiger partial charge is 0.390 e. The molecule has 0 amide bonds. The lowest BCUT2D eigenvalue weighted by Gasteiger charge is -2.21. The molecular weight excluding hydrogens is 293 g/mol. The van der Waals surface area contributed by atoms with Gasteiger partial charge in [-0.05, 0) is 12.1 Å². The van der Waals surface area contributed by atoms with Crippen molar-refractivity contribution in [3.8, 4) is 0 Å². The molecule has 0 saturated carbocycles. The summed E-state index contributed by atoms with van der Waals surface area (Å²) in [6, 6.07) is 8.15. The Morgan fingerprint density at radius 2 is 2.10 bits per heavy atom. The fourth-order valence-corrected chi connectivity index (χ4v) is 5.23. The van der Waals surface area contributed by atoms with Crippen molar-refractivity contribution >= 4 is 33.8 Å². The molecule has 2 aliphatic rings. The summed E-state index contributed by atoms with van der Waals surface area (Å²) < 4.78 is 14.3. The van der Waals surface area contributed by atoms with E-state index in [1.807, 2.05) is 18.2 Å². The maximum absolute atomic E-state index is 14.3. The Morgan fingerprint density at radius 3 is 2.95 bits per heavy atom. The Bertz CT molecular complexity index is 645. The zero-order valence-electron chi connectivity index (χ0n) is 10.7. The maximum Gasteiger partial charge on any atom is 0.139 e. The average molecular weight is 307 g/mol. The van der Waals surface area contributed by atoms with E-state index in [0.717, 1.165) is 33.2 Å². The number of benzene rings is 1. The predicted molar refractivity (Wildman–Crippen MR) is 82.9 cm³/mol. The van der Waals surface area contributed by atoms with E-state index in [-0.39, 0.29) is 5.37 Å². The first kappa shape index (κ1) is 12.5. The molecule has 0 saturated heterocycles. The number of anilines is 2. The number of rotatable bonds is 1. The number of hydrogen-bond donors (Lipinski definition) is 3. The van der Waals surface area contributed by atoms with E-state index in [9.17, 15) is 4.39 Å². The van der Waals surface area contributed by atoms with Crippen LogP contribution in [-0.2, 0) is 6.54 Å². The van der Waals surface area contributed by atoms with Crippen molar-refractivity contribution in [1.82, 2.24) is 5.32 Å². The molecule has 1 aromatic carbocycles. The summed E-state index contributed by atoms with van der Waals surface area (Å²) in [4.78, 5) is 2.23. The summed E-state index contributed by atoms with van der Waals surface area (Å²) in [6.07, 6.45) is -0.964. The number of hydrogen-bond acceptors (Lipinski definition) is 5. The van der Waals surface area contributed by atoms with E-state index < -0.39 is 6.17 Å². The van der Waals surface area contributed by atoms with Gasteiger partial charge < -0.3 is 16.4 Å². The molecule has 2 atom stereocenters. The van der Waals surface area contributed by atoms with Crippen LogP contribution >= 0.6 is 23.1 Å². The SMILES string of the molecule is Nc1sc2c(c1C1Nc3ccccc3S1)C(F)CNC2. The lowest BCUT2D eigenvalue weighted by atomic mass is 10.0. The second-order valence-corrected chi connectivity index (χ2v) is 7.24. The van der Waals surface area contributed by atoms with Crippen LogP contribution in [0.4, 0.5) is 15.1 Å². The van der Waals surface area contributed by atoms with E-state index in [1.54, 1.807) is 11.8 Å². The van der Waals surface area contributed by atoms with E-state index in [0.29, 0.717) is 6.54 Å². The van der Waals surface area contributed by atoms with Crippen molar-refractivity contribution in [2.45, 2.75) is 23.0 Å². The highest BCUT2D eigenvalue weighted by Crippen LogP contribution is 2.52. The zero-order valence-corrected chi connectivity index (χ0v) is 12.3. The Kier molecular flexibility index (Phi) is 2.90. The third-order valence-electron chi connectivity index (χ3n) is 3.69. The van der Waals surface area contributed by atoms with Gasteiger partial charge in [0, 0.05) is 39.7 Å². The summed E-state index contributed by atoms with van der Waals surface area (Å²) in [5.41, 5.74) is 9.03. The number of nitrogens with one attached hydrogen (secondary N) is 2. The van der Waals surface area contributed by atoms with E-state index >= 15 is 0 Å². The van der Waals surface area contributed by atoms with Gasteiger partial charge in [0.1, 0.15) is 11.5 Å². The van der Waals surface area contributed by atoms with Crippen LogP contribution in [0.2, 0.25) is 0 Å². The molecule has 0 spiro atoms. The molecule has 1 aromatic heterocycles. The topological polar surface area (TPSA) is 50.1 Å². The van der Waals surface area contributed by atoms with Gasteiger partial charge in [0.25, 0.3) is 0 Å². The first-order valence-electron chi connectivity index (χ1n) is 6.52. The number of nitrogen functional groups attached to an aromatic ring is 1. The molecule has 20 heavy (non-hydrogen) atoms. The minimum Gasteiger partial charge on any atom is -0.390 e. The molecule has 3 heterocycles. The van der Waals surface area contributed by atoms with Gasteiger partial charge in [-0.3, -0.25) is 0 Å². The standard InChI is InChI=1S/C14H14FN3S2/c15-7-5-17-6-10-11(7)12(13(16)19-10)14-18-8-3-1-2-4-9(8)20-14/h1-4,7,14,17-18H,5-6,16H2. The summed E-state index contributed by atoms with van der Waals surface area (Å²) >= 11 is 3.22. The van der Waals surface area contributed by atoms with Crippen LogP contribution in [0.3, 0.4) is 0 Å². The second kappa shape index (κ2) is 4.65. The van der Waals surface area contributed by atoms with Crippen LogP contribution in [0.5, 0.6) is 0 Å². The van der Waals surface area contributed by atoms with E-state index in [2.05, 4.69) is 16.7 Å². The Balaban J connectivity index is 1.76. The number of thioether (sulfide) groups is 1. The minimum absolute atomic E-state index is 0.0174. The molecule has 3 nitrogen and oxygen atoms in total. The molecule has 2 unspecified atom stereocenters. The number of nitrogens with two attached hydrogens (primary N) is 1. The minimum atomic E-state index is -0.964. The Morgan fingerprint density at radius 1 is 1.25 bits per heavy atom. The van der Waals surface area contributed by atoms with Crippen LogP contribution < -0.4 is 16.4 Å². The first-order chi connectivity index (χ1) is 9.74. The molecule has 2 aliphatic heterocycles. The van der Waals surface area contributed by atoms with Gasteiger partial charge in [-0.1, -0.05) is 23.9 Å². The molecular formula is C14H14FN3S2. The fourth-order valence-electron chi connectivity index (χ4n) is 2.80. The van der Waals surface area contributed by atoms with Gasteiger partial charge in [0.2, 0.25) is 0 Å². The monoisotopic (exact) mass is 307 g/mol. The predicted octanol–water partition coefficient (Wildman–Crippen LogP) is 3.66. The van der Waals surface area contributed by atoms with Crippen molar-refractivity contribution in [2.75, 3.05) is 17.6 Å². The molecule has 0 bridgehead atoms. The van der Waals surface area contributed by atoms with Crippen LogP contribution in [0.25, 0.3) is 0 Å². The number of para-hydroxylation sites is 1. The smallest absolute Gasteiger partial charge is 0.139 e. The van der Waals surface area contributed by atoms with Crippen LogP contribution in [0, 0.1) is 0 Å². The van der Waals surface area contributed by atoms with Gasteiger partial charge in [0.05, 0.1) is 5.00 Å². The lowest BCUT2D eigenvalue weighted by Crippen LogP contribution is -2.25. The van der Waals surface area contributed by atoms with Crippen LogP contribution in [0.15, 0.2) is 29.2 Å². The highest BCUT2D eigenvalue weighted by atomic mass is 32.2. The van der Waals surface area contributed by atoms with Crippen molar-refractivity contribution < 1.29 is 4.39 Å². The maximum atomic E-state index is 14.3. The van der Waals surface area contributed by atoms with Gasteiger partial charge in [0.15, 0.2) is 0 Å². The number of thiophene rings is 1. The zero-order chi connectivity index (χ0) is 13.7. The van der Waals surface area contributed by atoms with Gasteiger partial charge in [-0.15, -0.1) is 11.3 Å². The average Bonchev–Trinajstić information content (AvgIpc) is 2.99. The second-order valence-electron chi connectivity index (χ2n) is 4.95. The van der Waals surface area contributed by atoms with Crippen LogP contribution in [-0.4, -0.2) is 6.54 Å². The molecule has 0 fully saturated rings. The quantitative estimate of drug-likeness (QED) is 0.752. The summed E-state index contributed by atoms with van der Waals surface area (Å²) in [5.74, 6) is 0. The number of alkyl halides is 1. The molecule has 4 N–H and O–H groups in total. The summed E-state index contributed by atoms with van der Waals surface area (Å²) in [7, 11) is 0. The Hall–Kier alpha value is -1.24. The molecule has 2 aromatic rings. The van der Waals surface area contributed by atoms with E-state index in [1.165, 1.54) is 16.2 Å². The molecule has 104 valence electrons. The van der Waals surface area contributed by atoms with Crippen molar-refractivity contribution in [3.63, 3.8) is 0 Å². The van der Waals surface area contributed by atoms with Crippen molar-refractivity contribution in [2.24, 2.45) is 0 Å². The van der Waals surface area contributed by atoms with Gasteiger partial charge in [-0.25, -0.2) is 4.39 Å². The summed E-state index contributed by atoms with van der Waals surface area (Å²) in [6.45, 7) is 1.09. The van der Waals surface area contributed by atoms with Crippen LogP contribution in [0.1, 0.15) is 27.5 Å². The van der Waals surface area contributed by atoms with Crippen molar-refractivity contribution in [1.29, 1.82) is 0 Å². The number of fused-ring (bicyclic) bond motifs is 2.